The van der Waals surface area contributed by atoms with E-state index in [0.717, 1.165) is 11.1 Å². The van der Waals surface area contributed by atoms with E-state index in [4.69, 9.17) is 5.11 Å². The van der Waals surface area contributed by atoms with Gasteiger partial charge in [0.25, 0.3) is 0 Å². The summed E-state index contributed by atoms with van der Waals surface area (Å²) >= 11 is 0. The molecule has 1 N–H and O–H groups in total. The Morgan fingerprint density at radius 3 is 2.41 bits per heavy atom. The predicted octanol–water partition coefficient (Wildman–Crippen LogP) is 2.93. The van der Waals surface area contributed by atoms with Crippen LogP contribution in [-0.4, -0.2) is 16.1 Å². The summed E-state index contributed by atoms with van der Waals surface area (Å²) in [7, 11) is 0. The van der Waals surface area contributed by atoms with Gasteiger partial charge in [0.15, 0.2) is 0 Å². The van der Waals surface area contributed by atoms with Gasteiger partial charge in [-0.05, 0) is 29.3 Å². The highest BCUT2D eigenvalue weighted by Gasteiger charge is 2.09. The van der Waals surface area contributed by atoms with Crippen LogP contribution in [0.25, 0.3) is 0 Å². The summed E-state index contributed by atoms with van der Waals surface area (Å²) in [5.74, 6) is -0.683. The van der Waals surface area contributed by atoms with Gasteiger partial charge >= 0.3 is 5.97 Å². The molecule has 1 aromatic heterocycles. The van der Waals surface area contributed by atoms with Gasteiger partial charge < -0.3 is 5.11 Å². The lowest BCUT2D eigenvalue weighted by Crippen LogP contribution is -1.99. The molecule has 0 aliphatic carbocycles. The second kappa shape index (κ2) is 4.78. The standard InChI is InChI=1S/C14H13NO2/c1-10(13-3-2-8-15-9-13)11-4-6-12(7-5-11)14(16)17/h2-10H,1H3,(H,16,17). The lowest BCUT2D eigenvalue weighted by Gasteiger charge is -2.11. The number of carboxylic acids is 1. The Balaban J connectivity index is 2.26. The normalized spacial score (nSPS) is 12.1. The Morgan fingerprint density at radius 1 is 1.18 bits per heavy atom. The molecule has 86 valence electrons. The fraction of sp³-hybridized carbons (Fsp3) is 0.143. The first-order valence-corrected chi connectivity index (χ1v) is 5.41. The summed E-state index contributed by atoms with van der Waals surface area (Å²) in [6.45, 7) is 2.08. The van der Waals surface area contributed by atoms with E-state index < -0.39 is 5.97 Å². The molecule has 0 spiro atoms. The zero-order valence-corrected chi connectivity index (χ0v) is 9.50. The van der Waals surface area contributed by atoms with Gasteiger partial charge in [-0.15, -0.1) is 0 Å². The molecule has 0 saturated heterocycles. The van der Waals surface area contributed by atoms with E-state index in [0.29, 0.717) is 5.56 Å². The second-order valence-electron chi connectivity index (χ2n) is 3.94. The lowest BCUT2D eigenvalue weighted by atomic mass is 9.94. The van der Waals surface area contributed by atoms with Gasteiger partial charge in [-0.2, -0.15) is 0 Å². The van der Waals surface area contributed by atoms with Crippen LogP contribution < -0.4 is 0 Å². The molecule has 3 nitrogen and oxygen atoms in total. The van der Waals surface area contributed by atoms with Crippen molar-refractivity contribution in [3.63, 3.8) is 0 Å². The molecular weight excluding hydrogens is 214 g/mol. The van der Waals surface area contributed by atoms with E-state index >= 15 is 0 Å². The van der Waals surface area contributed by atoms with Crippen molar-refractivity contribution in [2.75, 3.05) is 0 Å². The predicted molar refractivity (Wildman–Crippen MR) is 65.2 cm³/mol. The number of pyridine rings is 1. The SMILES string of the molecule is CC(c1ccc(C(=O)O)cc1)c1cccnc1. The third-order valence-corrected chi connectivity index (χ3v) is 2.84. The molecule has 0 aliphatic heterocycles. The molecule has 0 bridgehead atoms. The first-order valence-electron chi connectivity index (χ1n) is 5.41. The Hall–Kier alpha value is -2.16. The number of aromatic nitrogens is 1. The van der Waals surface area contributed by atoms with E-state index in [1.165, 1.54) is 0 Å². The van der Waals surface area contributed by atoms with Crippen LogP contribution in [0.5, 0.6) is 0 Å². The maximum absolute atomic E-state index is 10.7. The monoisotopic (exact) mass is 227 g/mol. The molecule has 1 aromatic carbocycles. The van der Waals surface area contributed by atoms with Crippen molar-refractivity contribution < 1.29 is 9.90 Å². The number of carboxylic acid groups (broad SMARTS) is 1. The summed E-state index contributed by atoms with van der Waals surface area (Å²) in [6.07, 6.45) is 3.57. The molecule has 2 rings (SSSR count). The van der Waals surface area contributed by atoms with Crippen LogP contribution in [0.2, 0.25) is 0 Å². The number of nitrogens with zero attached hydrogens (tertiary/aromatic N) is 1. The average molecular weight is 227 g/mol. The van der Waals surface area contributed by atoms with Crippen LogP contribution in [0.1, 0.15) is 34.3 Å². The van der Waals surface area contributed by atoms with Gasteiger partial charge in [-0.25, -0.2) is 4.79 Å². The van der Waals surface area contributed by atoms with Gasteiger partial charge in [0.05, 0.1) is 5.56 Å². The maximum atomic E-state index is 10.7. The van der Waals surface area contributed by atoms with Crippen LogP contribution in [0, 0.1) is 0 Å². The maximum Gasteiger partial charge on any atom is 0.335 e. The Bertz CT molecular complexity index is 506. The molecule has 1 unspecified atom stereocenters. The minimum Gasteiger partial charge on any atom is -0.478 e. The highest BCUT2D eigenvalue weighted by Crippen LogP contribution is 2.23. The minimum absolute atomic E-state index is 0.214. The number of benzene rings is 1. The lowest BCUT2D eigenvalue weighted by molar-refractivity contribution is 0.0697. The molecule has 0 radical (unpaired) electrons. The first kappa shape index (κ1) is 11.3. The molecule has 2 aromatic rings. The molecule has 0 aliphatic rings. The molecule has 1 heterocycles. The molecule has 1 atom stereocenters. The molecule has 17 heavy (non-hydrogen) atoms. The highest BCUT2D eigenvalue weighted by atomic mass is 16.4. The molecule has 0 amide bonds. The van der Waals surface area contributed by atoms with Gasteiger partial charge in [-0.1, -0.05) is 25.1 Å². The van der Waals surface area contributed by atoms with Crippen molar-refractivity contribution in [1.82, 2.24) is 4.98 Å². The zero-order chi connectivity index (χ0) is 12.3. The molecular formula is C14H13NO2. The van der Waals surface area contributed by atoms with Gasteiger partial charge in [0.2, 0.25) is 0 Å². The van der Waals surface area contributed by atoms with Crippen molar-refractivity contribution in [2.24, 2.45) is 0 Å². The molecule has 0 saturated carbocycles. The number of hydrogen-bond acceptors (Lipinski definition) is 2. The van der Waals surface area contributed by atoms with Crippen LogP contribution in [0.3, 0.4) is 0 Å². The zero-order valence-electron chi connectivity index (χ0n) is 9.50. The molecule has 3 heteroatoms. The smallest absolute Gasteiger partial charge is 0.335 e. The summed E-state index contributed by atoms with van der Waals surface area (Å²) in [5, 5.41) is 8.82. The first-order chi connectivity index (χ1) is 8.18. The quantitative estimate of drug-likeness (QED) is 0.877. The van der Waals surface area contributed by atoms with Crippen molar-refractivity contribution in [2.45, 2.75) is 12.8 Å². The Kier molecular flexibility index (Phi) is 3.19. The fourth-order valence-corrected chi connectivity index (χ4v) is 1.74. The second-order valence-corrected chi connectivity index (χ2v) is 3.94. The fourth-order valence-electron chi connectivity index (χ4n) is 1.74. The minimum atomic E-state index is -0.898. The van der Waals surface area contributed by atoms with Crippen LogP contribution in [0.4, 0.5) is 0 Å². The van der Waals surface area contributed by atoms with Crippen LogP contribution in [0.15, 0.2) is 48.8 Å². The van der Waals surface area contributed by atoms with Crippen molar-refractivity contribution in [1.29, 1.82) is 0 Å². The van der Waals surface area contributed by atoms with Gasteiger partial charge in [0, 0.05) is 18.3 Å². The topological polar surface area (TPSA) is 50.2 Å². The van der Waals surface area contributed by atoms with Gasteiger partial charge in [0.1, 0.15) is 0 Å². The van der Waals surface area contributed by atoms with Crippen LogP contribution in [-0.2, 0) is 0 Å². The van der Waals surface area contributed by atoms with E-state index in [9.17, 15) is 4.79 Å². The summed E-state index contributed by atoms with van der Waals surface area (Å²) < 4.78 is 0. The molecule has 0 fully saturated rings. The van der Waals surface area contributed by atoms with E-state index in [-0.39, 0.29) is 5.92 Å². The van der Waals surface area contributed by atoms with Crippen molar-refractivity contribution in [3.05, 3.63) is 65.5 Å². The number of rotatable bonds is 3. The average Bonchev–Trinajstić information content (AvgIpc) is 2.39. The summed E-state index contributed by atoms with van der Waals surface area (Å²) in [4.78, 5) is 14.8. The third-order valence-electron chi connectivity index (χ3n) is 2.84. The van der Waals surface area contributed by atoms with E-state index in [2.05, 4.69) is 11.9 Å². The Labute approximate surface area is 99.8 Å². The van der Waals surface area contributed by atoms with Crippen molar-refractivity contribution >= 4 is 5.97 Å². The van der Waals surface area contributed by atoms with E-state index in [1.807, 2.05) is 30.5 Å². The number of carbonyl (C=O) groups is 1. The van der Waals surface area contributed by atoms with Gasteiger partial charge in [-0.3, -0.25) is 4.98 Å². The largest absolute Gasteiger partial charge is 0.478 e. The van der Waals surface area contributed by atoms with Crippen molar-refractivity contribution in [3.8, 4) is 0 Å². The van der Waals surface area contributed by atoms with E-state index in [1.54, 1.807) is 18.3 Å². The van der Waals surface area contributed by atoms with Crippen LogP contribution >= 0.6 is 0 Å². The Morgan fingerprint density at radius 2 is 1.88 bits per heavy atom. The number of aromatic carboxylic acids is 1. The highest BCUT2D eigenvalue weighted by molar-refractivity contribution is 5.87. The summed E-state index contributed by atoms with van der Waals surface area (Å²) in [5.41, 5.74) is 2.52. The number of hydrogen-bond donors (Lipinski definition) is 1. The third kappa shape index (κ3) is 2.50. The summed E-state index contributed by atoms with van der Waals surface area (Å²) in [6, 6.07) is 10.9.